The number of benzene rings is 3. The van der Waals surface area contributed by atoms with Crippen LogP contribution in [0.25, 0.3) is 11.1 Å². The summed E-state index contributed by atoms with van der Waals surface area (Å²) in [6.07, 6.45) is -4.69. The molecule has 1 aliphatic rings. The van der Waals surface area contributed by atoms with Gasteiger partial charge in [-0.1, -0.05) is 42.5 Å². The number of rotatable bonds is 2. The lowest BCUT2D eigenvalue weighted by Crippen LogP contribution is -2.23. The zero-order valence-corrected chi connectivity index (χ0v) is 14.3. The smallest absolute Gasteiger partial charge is 0.243 e. The van der Waals surface area contributed by atoms with E-state index in [9.17, 15) is 22.0 Å². The molecule has 0 aliphatic carbocycles. The van der Waals surface area contributed by atoms with E-state index in [2.05, 4.69) is 4.99 Å². The number of para-hydroxylation sites is 1. The van der Waals surface area contributed by atoms with Crippen molar-refractivity contribution < 1.29 is 22.0 Å². The highest BCUT2D eigenvalue weighted by atomic mass is 19.4. The number of halogens is 5. The minimum absolute atomic E-state index is 0.110. The first-order valence-corrected chi connectivity index (χ1v) is 8.36. The number of fused-ring (bicyclic) bond motifs is 1. The Labute approximate surface area is 157 Å². The van der Waals surface area contributed by atoms with Gasteiger partial charge >= 0.3 is 6.18 Å². The highest BCUT2D eigenvalue weighted by molar-refractivity contribution is 6.37. The van der Waals surface area contributed by atoms with Crippen molar-refractivity contribution in [2.75, 3.05) is 0 Å². The van der Waals surface area contributed by atoms with Crippen molar-refractivity contribution in [3.05, 3.63) is 101 Å². The van der Waals surface area contributed by atoms with Crippen LogP contribution >= 0.6 is 0 Å². The lowest BCUT2D eigenvalue weighted by molar-refractivity contribution is -0.0569. The monoisotopic (exact) mass is 385 g/mol. The lowest BCUT2D eigenvalue weighted by Gasteiger charge is -2.17. The third kappa shape index (κ3) is 3.22. The molecular formula is C22H12F5N. The van der Waals surface area contributed by atoms with E-state index in [1.54, 1.807) is 18.2 Å². The minimum atomic E-state index is -4.69. The molecule has 1 nitrogen and oxygen atoms in total. The van der Waals surface area contributed by atoms with E-state index in [0.717, 1.165) is 0 Å². The Bertz CT molecular complexity index is 1040. The van der Waals surface area contributed by atoms with E-state index in [-0.39, 0.29) is 16.8 Å². The molecule has 0 radical (unpaired) electrons. The summed E-state index contributed by atoms with van der Waals surface area (Å²) in [5.41, 5.74) is 0.332. The van der Waals surface area contributed by atoms with Gasteiger partial charge in [-0.25, -0.2) is 13.8 Å². The van der Waals surface area contributed by atoms with Crippen molar-refractivity contribution in [3.63, 3.8) is 0 Å². The number of hydrogen-bond donors (Lipinski definition) is 0. The first-order chi connectivity index (χ1) is 13.3. The molecule has 0 N–H and O–H groups in total. The molecular weight excluding hydrogens is 373 g/mol. The van der Waals surface area contributed by atoms with E-state index in [4.69, 9.17) is 0 Å². The highest BCUT2D eigenvalue weighted by Crippen LogP contribution is 2.45. The topological polar surface area (TPSA) is 12.4 Å². The van der Waals surface area contributed by atoms with Gasteiger partial charge in [-0.2, -0.15) is 13.2 Å². The van der Waals surface area contributed by atoms with E-state index in [0.29, 0.717) is 16.7 Å². The maximum absolute atomic E-state index is 13.8. The van der Waals surface area contributed by atoms with Crippen molar-refractivity contribution in [2.45, 2.75) is 6.18 Å². The van der Waals surface area contributed by atoms with Crippen LogP contribution in [0.1, 0.15) is 16.7 Å². The number of nitrogens with zero attached hydrogens (tertiary/aromatic N) is 1. The molecule has 0 unspecified atom stereocenters. The average Bonchev–Trinajstić information content (AvgIpc) is 3.05. The summed E-state index contributed by atoms with van der Waals surface area (Å²) in [4.78, 5) is 3.80. The third-order valence-corrected chi connectivity index (χ3v) is 4.43. The first kappa shape index (κ1) is 18.1. The van der Waals surface area contributed by atoms with Crippen LogP contribution in [0.5, 0.6) is 0 Å². The first-order valence-electron chi connectivity index (χ1n) is 8.36. The Hall–Kier alpha value is -3.28. The molecule has 3 aromatic carbocycles. The van der Waals surface area contributed by atoms with Gasteiger partial charge in [0.25, 0.3) is 0 Å². The molecule has 28 heavy (non-hydrogen) atoms. The summed E-state index contributed by atoms with van der Waals surface area (Å²) in [7, 11) is 0. The molecule has 0 amide bonds. The number of alkyl halides is 3. The fraction of sp³-hybridized carbons (Fsp3) is 0.0455. The zero-order chi connectivity index (χ0) is 19.9. The SMILES string of the molecule is Fc1ccc(C(=C2C(C(F)(F)F)=Nc3ccccc32)c2ccc(F)cc2)cc1. The Balaban J connectivity index is 2.08. The summed E-state index contributed by atoms with van der Waals surface area (Å²) in [6, 6.07) is 16.6. The van der Waals surface area contributed by atoms with Crippen LogP contribution < -0.4 is 0 Å². The molecule has 1 aliphatic heterocycles. The Morgan fingerprint density at radius 1 is 0.679 bits per heavy atom. The van der Waals surface area contributed by atoms with E-state index in [1.165, 1.54) is 54.6 Å². The Kier molecular flexibility index (Phi) is 4.34. The van der Waals surface area contributed by atoms with Crippen molar-refractivity contribution in [1.29, 1.82) is 0 Å². The van der Waals surface area contributed by atoms with Crippen LogP contribution in [-0.2, 0) is 0 Å². The second-order valence-electron chi connectivity index (χ2n) is 6.24. The van der Waals surface area contributed by atoms with Gasteiger partial charge in [-0.05, 0) is 47.0 Å². The molecule has 4 rings (SSSR count). The molecule has 0 saturated heterocycles. The predicted molar refractivity (Wildman–Crippen MR) is 98.3 cm³/mol. The molecule has 6 heteroatoms. The lowest BCUT2D eigenvalue weighted by atomic mass is 9.87. The predicted octanol–water partition coefficient (Wildman–Crippen LogP) is 6.57. The molecule has 0 atom stereocenters. The molecule has 0 saturated carbocycles. The van der Waals surface area contributed by atoms with Gasteiger partial charge in [0.15, 0.2) is 5.71 Å². The van der Waals surface area contributed by atoms with E-state index < -0.39 is 23.5 Å². The van der Waals surface area contributed by atoms with Gasteiger partial charge in [0, 0.05) is 11.1 Å². The number of aliphatic imine (C=N–C) groups is 1. The molecule has 0 aromatic heterocycles. The standard InChI is InChI=1S/C22H12F5N/c23-15-9-5-13(6-10-15)19(14-7-11-16(24)12-8-14)20-17-3-1-2-4-18(17)28-21(20)22(25,26)27/h1-12H. The van der Waals surface area contributed by atoms with Gasteiger partial charge in [0.2, 0.25) is 0 Å². The van der Waals surface area contributed by atoms with Crippen molar-refractivity contribution in [3.8, 4) is 0 Å². The van der Waals surface area contributed by atoms with Crippen LogP contribution in [0.15, 0.2) is 77.8 Å². The van der Waals surface area contributed by atoms with Crippen LogP contribution in [0.3, 0.4) is 0 Å². The quantitative estimate of drug-likeness (QED) is 0.442. The summed E-state index contributed by atoms with van der Waals surface area (Å²) in [6.45, 7) is 0. The molecule has 3 aromatic rings. The molecule has 0 fully saturated rings. The highest BCUT2D eigenvalue weighted by Gasteiger charge is 2.43. The maximum Gasteiger partial charge on any atom is 0.434 e. The van der Waals surface area contributed by atoms with Gasteiger partial charge in [0.1, 0.15) is 11.6 Å². The van der Waals surface area contributed by atoms with E-state index in [1.807, 2.05) is 0 Å². The average molecular weight is 385 g/mol. The normalized spacial score (nSPS) is 13.3. The fourth-order valence-corrected chi connectivity index (χ4v) is 3.23. The van der Waals surface area contributed by atoms with Crippen LogP contribution in [0.4, 0.5) is 27.6 Å². The van der Waals surface area contributed by atoms with Crippen molar-refractivity contribution in [1.82, 2.24) is 0 Å². The van der Waals surface area contributed by atoms with Crippen molar-refractivity contribution in [2.24, 2.45) is 4.99 Å². The Morgan fingerprint density at radius 3 is 1.68 bits per heavy atom. The van der Waals surface area contributed by atoms with Crippen LogP contribution in [0, 0.1) is 11.6 Å². The molecule has 0 spiro atoms. The minimum Gasteiger partial charge on any atom is -0.243 e. The van der Waals surface area contributed by atoms with Gasteiger partial charge in [-0.3, -0.25) is 0 Å². The molecule has 140 valence electrons. The zero-order valence-electron chi connectivity index (χ0n) is 14.3. The second-order valence-corrected chi connectivity index (χ2v) is 6.24. The fourth-order valence-electron chi connectivity index (χ4n) is 3.23. The number of hydrogen-bond acceptors (Lipinski definition) is 1. The van der Waals surface area contributed by atoms with Crippen LogP contribution in [0.2, 0.25) is 0 Å². The Morgan fingerprint density at radius 2 is 1.18 bits per heavy atom. The van der Waals surface area contributed by atoms with Gasteiger partial charge in [0.05, 0.1) is 5.69 Å². The summed E-state index contributed by atoms with van der Waals surface area (Å²) in [5.74, 6) is -1.02. The largest absolute Gasteiger partial charge is 0.434 e. The summed E-state index contributed by atoms with van der Waals surface area (Å²) < 4.78 is 68.3. The van der Waals surface area contributed by atoms with Crippen LogP contribution in [-0.4, -0.2) is 11.9 Å². The van der Waals surface area contributed by atoms with Gasteiger partial charge in [-0.15, -0.1) is 0 Å². The summed E-state index contributed by atoms with van der Waals surface area (Å²) >= 11 is 0. The molecule has 0 bridgehead atoms. The molecule has 1 heterocycles. The summed E-state index contributed by atoms with van der Waals surface area (Å²) in [5, 5.41) is 0. The van der Waals surface area contributed by atoms with Crippen molar-refractivity contribution >= 4 is 22.5 Å². The maximum atomic E-state index is 13.8. The number of allylic oxidation sites excluding steroid dienone is 1. The van der Waals surface area contributed by atoms with Gasteiger partial charge < -0.3 is 0 Å². The van der Waals surface area contributed by atoms with E-state index >= 15 is 0 Å². The second kappa shape index (κ2) is 6.71. The third-order valence-electron chi connectivity index (χ3n) is 4.43.